The Morgan fingerprint density at radius 1 is 1.29 bits per heavy atom. The number of sulfonamides is 1. The summed E-state index contributed by atoms with van der Waals surface area (Å²) in [5, 5.41) is 0. The van der Waals surface area contributed by atoms with E-state index in [0.717, 1.165) is 12.8 Å². The van der Waals surface area contributed by atoms with Crippen molar-refractivity contribution >= 4 is 31.6 Å². The molecule has 1 aliphatic rings. The zero-order chi connectivity index (χ0) is 15.8. The van der Waals surface area contributed by atoms with Crippen LogP contribution in [0.2, 0.25) is 0 Å². The number of nitrogens with two attached hydrogens (primary N) is 1. The van der Waals surface area contributed by atoms with Gasteiger partial charge in [0.2, 0.25) is 10.0 Å². The molecule has 0 amide bonds. The Balaban J connectivity index is 2.28. The molecule has 0 aliphatic carbocycles. The molecule has 0 aromatic heterocycles. The molecule has 21 heavy (non-hydrogen) atoms. The lowest BCUT2D eigenvalue weighted by molar-refractivity contribution is 0.196. The third kappa shape index (κ3) is 3.41. The Morgan fingerprint density at radius 3 is 2.38 bits per heavy atom. The van der Waals surface area contributed by atoms with Crippen LogP contribution in [0, 0.1) is 6.92 Å². The molecule has 0 bridgehead atoms. The van der Waals surface area contributed by atoms with Gasteiger partial charge in [0.1, 0.15) is 0 Å². The largest absolute Gasteiger partial charge is 0.398 e. The standard InChI is InChI=1S/C14H22BrN3O2S/c1-10-13(16)8-11(15)9-14(10)21(19,20)18-6-4-12(5-7-18)17(2)3/h8-9,12H,4-7,16H2,1-3H3. The van der Waals surface area contributed by atoms with E-state index >= 15 is 0 Å². The van der Waals surface area contributed by atoms with Gasteiger partial charge in [-0.2, -0.15) is 4.31 Å². The van der Waals surface area contributed by atoms with E-state index in [1.165, 1.54) is 0 Å². The fourth-order valence-electron chi connectivity index (χ4n) is 2.68. The molecule has 7 heteroatoms. The lowest BCUT2D eigenvalue weighted by atomic mass is 10.1. The van der Waals surface area contributed by atoms with E-state index in [1.807, 2.05) is 14.1 Å². The van der Waals surface area contributed by atoms with Gasteiger partial charge in [-0.25, -0.2) is 8.42 Å². The van der Waals surface area contributed by atoms with Crippen LogP contribution < -0.4 is 5.73 Å². The van der Waals surface area contributed by atoms with Crippen LogP contribution in [0.15, 0.2) is 21.5 Å². The minimum absolute atomic E-state index is 0.303. The molecule has 5 nitrogen and oxygen atoms in total. The van der Waals surface area contributed by atoms with Gasteiger partial charge in [-0.05, 0) is 51.6 Å². The van der Waals surface area contributed by atoms with Crippen LogP contribution in [0.3, 0.4) is 0 Å². The predicted molar refractivity (Wildman–Crippen MR) is 88.8 cm³/mol. The molecule has 1 fully saturated rings. The van der Waals surface area contributed by atoms with Crippen molar-refractivity contribution in [1.29, 1.82) is 0 Å². The molecule has 0 spiro atoms. The fraction of sp³-hybridized carbons (Fsp3) is 0.571. The van der Waals surface area contributed by atoms with Gasteiger partial charge in [0.25, 0.3) is 0 Å². The predicted octanol–water partition coefficient (Wildman–Crippen LogP) is 2.05. The first-order chi connectivity index (χ1) is 9.73. The third-order valence-electron chi connectivity index (χ3n) is 4.14. The Morgan fingerprint density at radius 2 is 1.86 bits per heavy atom. The molecule has 1 aliphatic heterocycles. The van der Waals surface area contributed by atoms with Crippen molar-refractivity contribution < 1.29 is 8.42 Å². The summed E-state index contributed by atoms with van der Waals surface area (Å²) in [6.07, 6.45) is 1.71. The Hall–Kier alpha value is -0.630. The van der Waals surface area contributed by atoms with E-state index in [-0.39, 0.29) is 0 Å². The number of nitrogen functional groups attached to an aromatic ring is 1. The molecular formula is C14H22BrN3O2S. The minimum Gasteiger partial charge on any atom is -0.398 e. The van der Waals surface area contributed by atoms with Crippen molar-refractivity contribution in [3.8, 4) is 0 Å². The monoisotopic (exact) mass is 375 g/mol. The number of halogens is 1. The number of benzene rings is 1. The molecule has 0 radical (unpaired) electrons. The topological polar surface area (TPSA) is 66.6 Å². The number of hydrogen-bond donors (Lipinski definition) is 1. The molecule has 1 saturated heterocycles. The number of piperidine rings is 1. The highest BCUT2D eigenvalue weighted by Crippen LogP contribution is 2.30. The van der Waals surface area contributed by atoms with Gasteiger partial charge in [0.05, 0.1) is 4.90 Å². The summed E-state index contributed by atoms with van der Waals surface area (Å²) in [5.74, 6) is 0. The Kier molecular flexibility index (Phi) is 4.97. The zero-order valence-corrected chi connectivity index (χ0v) is 15.0. The second-order valence-electron chi connectivity index (χ2n) is 5.72. The van der Waals surface area contributed by atoms with E-state index < -0.39 is 10.0 Å². The van der Waals surface area contributed by atoms with Gasteiger partial charge in [0, 0.05) is 29.3 Å². The summed E-state index contributed by atoms with van der Waals surface area (Å²) >= 11 is 3.32. The van der Waals surface area contributed by atoms with E-state index in [1.54, 1.807) is 23.4 Å². The van der Waals surface area contributed by atoms with Crippen molar-refractivity contribution in [2.45, 2.75) is 30.7 Å². The molecule has 118 valence electrons. The first-order valence-corrected chi connectivity index (χ1v) is 9.19. The summed E-state index contributed by atoms with van der Waals surface area (Å²) in [6.45, 7) is 2.86. The van der Waals surface area contributed by atoms with Crippen LogP contribution in [0.25, 0.3) is 0 Å². The first-order valence-electron chi connectivity index (χ1n) is 6.95. The van der Waals surface area contributed by atoms with Crippen LogP contribution in [0.4, 0.5) is 5.69 Å². The van der Waals surface area contributed by atoms with Gasteiger partial charge < -0.3 is 10.6 Å². The number of rotatable bonds is 3. The van der Waals surface area contributed by atoms with Gasteiger partial charge in [0.15, 0.2) is 0 Å². The maximum absolute atomic E-state index is 12.8. The highest BCUT2D eigenvalue weighted by Gasteiger charge is 2.31. The minimum atomic E-state index is -3.48. The maximum atomic E-state index is 12.8. The molecular weight excluding hydrogens is 354 g/mol. The number of anilines is 1. The van der Waals surface area contributed by atoms with Crippen molar-refractivity contribution in [2.24, 2.45) is 0 Å². The van der Waals surface area contributed by atoms with Crippen LogP contribution in [0.1, 0.15) is 18.4 Å². The highest BCUT2D eigenvalue weighted by atomic mass is 79.9. The zero-order valence-electron chi connectivity index (χ0n) is 12.6. The summed E-state index contributed by atoms with van der Waals surface area (Å²) in [4.78, 5) is 2.46. The molecule has 0 unspecified atom stereocenters. The molecule has 1 aromatic carbocycles. The van der Waals surface area contributed by atoms with Crippen LogP contribution >= 0.6 is 15.9 Å². The highest BCUT2D eigenvalue weighted by molar-refractivity contribution is 9.10. The normalized spacial score (nSPS) is 18.3. The van der Waals surface area contributed by atoms with Crippen LogP contribution in [-0.4, -0.2) is 50.8 Å². The van der Waals surface area contributed by atoms with Crippen molar-refractivity contribution in [2.75, 3.05) is 32.9 Å². The number of nitrogens with zero attached hydrogens (tertiary/aromatic N) is 2. The second-order valence-corrected chi connectivity index (χ2v) is 8.54. The molecule has 2 N–H and O–H groups in total. The van der Waals surface area contributed by atoms with Crippen molar-refractivity contribution in [1.82, 2.24) is 9.21 Å². The second kappa shape index (κ2) is 6.24. The average Bonchev–Trinajstić information content (AvgIpc) is 2.42. The summed E-state index contributed by atoms with van der Waals surface area (Å²) in [6, 6.07) is 3.82. The van der Waals surface area contributed by atoms with E-state index in [0.29, 0.717) is 39.8 Å². The van der Waals surface area contributed by atoms with E-state index in [2.05, 4.69) is 20.8 Å². The van der Waals surface area contributed by atoms with Gasteiger partial charge >= 0.3 is 0 Å². The van der Waals surface area contributed by atoms with E-state index in [4.69, 9.17) is 5.73 Å². The molecule has 1 heterocycles. The van der Waals surface area contributed by atoms with Gasteiger partial charge in [-0.1, -0.05) is 15.9 Å². The summed E-state index contributed by atoms with van der Waals surface area (Å²) in [5.41, 5.74) is 7.00. The third-order valence-corrected chi connectivity index (χ3v) is 6.62. The first kappa shape index (κ1) is 16.7. The average molecular weight is 376 g/mol. The number of hydrogen-bond acceptors (Lipinski definition) is 4. The van der Waals surface area contributed by atoms with Gasteiger partial charge in [-0.3, -0.25) is 0 Å². The van der Waals surface area contributed by atoms with Crippen molar-refractivity contribution in [3.63, 3.8) is 0 Å². The van der Waals surface area contributed by atoms with Crippen molar-refractivity contribution in [3.05, 3.63) is 22.2 Å². The lowest BCUT2D eigenvalue weighted by Gasteiger charge is -2.34. The van der Waals surface area contributed by atoms with Gasteiger partial charge in [-0.15, -0.1) is 0 Å². The lowest BCUT2D eigenvalue weighted by Crippen LogP contribution is -2.44. The quantitative estimate of drug-likeness (QED) is 0.820. The molecule has 0 saturated carbocycles. The van der Waals surface area contributed by atoms with E-state index in [9.17, 15) is 8.42 Å². The fourth-order valence-corrected chi connectivity index (χ4v) is 5.06. The molecule has 1 aromatic rings. The molecule has 0 atom stereocenters. The summed E-state index contributed by atoms with van der Waals surface area (Å²) in [7, 11) is 0.589. The summed E-state index contributed by atoms with van der Waals surface area (Å²) < 4.78 is 27.9. The SMILES string of the molecule is Cc1c(N)cc(Br)cc1S(=O)(=O)N1CCC(N(C)C)CC1. The van der Waals surface area contributed by atoms with Crippen LogP contribution in [-0.2, 0) is 10.0 Å². The molecule has 2 rings (SSSR count). The Labute approximate surface area is 135 Å². The van der Waals surface area contributed by atoms with Crippen LogP contribution in [0.5, 0.6) is 0 Å². The maximum Gasteiger partial charge on any atom is 0.243 e. The smallest absolute Gasteiger partial charge is 0.243 e. The Bertz CT molecular complexity index is 623.